The Bertz CT molecular complexity index is 1510. The maximum absolute atomic E-state index is 13.4. The molecule has 2 fully saturated rings. The predicted molar refractivity (Wildman–Crippen MR) is 160 cm³/mol. The number of methoxy groups -OCH3 is 2. The van der Waals surface area contributed by atoms with E-state index < -0.39 is 0 Å². The van der Waals surface area contributed by atoms with Gasteiger partial charge in [0.1, 0.15) is 0 Å². The Morgan fingerprint density at radius 1 is 0.833 bits per heavy atom. The molecule has 0 aliphatic carbocycles. The van der Waals surface area contributed by atoms with Crippen molar-refractivity contribution < 1.29 is 28.5 Å². The molecule has 0 N–H and O–H groups in total. The number of fused-ring (bicyclic) bond motifs is 4. The summed E-state index contributed by atoms with van der Waals surface area (Å²) in [6.45, 7) is 10.3. The highest BCUT2D eigenvalue weighted by molar-refractivity contribution is 6.04. The van der Waals surface area contributed by atoms with Gasteiger partial charge in [0, 0.05) is 44.1 Å². The van der Waals surface area contributed by atoms with Crippen LogP contribution in [0.15, 0.2) is 46.4 Å². The van der Waals surface area contributed by atoms with Crippen molar-refractivity contribution in [2.24, 2.45) is 15.4 Å². The first kappa shape index (κ1) is 27.8. The second-order valence-electron chi connectivity index (χ2n) is 12.0. The van der Waals surface area contributed by atoms with E-state index in [1.54, 1.807) is 43.4 Å². The number of benzene rings is 2. The van der Waals surface area contributed by atoms with Crippen molar-refractivity contribution in [3.63, 3.8) is 0 Å². The SMILES string of the molecule is C=C1C[C@H]2C=Nc3cc(OCCCOc4cc5c(cc4OC)C(=O)N4CC(C)(C)C[C@H]4C=N5)c(OC)cc3C(=O)N2C1. The number of rotatable bonds is 8. The van der Waals surface area contributed by atoms with Gasteiger partial charge in [-0.05, 0) is 30.4 Å². The van der Waals surface area contributed by atoms with Crippen LogP contribution in [0.2, 0.25) is 0 Å². The van der Waals surface area contributed by atoms with Crippen molar-refractivity contribution in [1.29, 1.82) is 0 Å². The molecule has 2 aromatic carbocycles. The molecule has 220 valence electrons. The molecule has 0 radical (unpaired) electrons. The maximum atomic E-state index is 13.4. The Morgan fingerprint density at radius 2 is 1.38 bits per heavy atom. The molecule has 4 heterocycles. The standard InChI is InChI=1S/C32H36N4O6/c1-19-9-20-15-33-24-12-28(26(39-4)10-22(24)30(37)35(20)17-19)41-7-6-8-42-29-13-25-23(11-27(29)40-5)31(38)36-18-32(2,3)14-21(36)16-34-25/h10-13,15-16,20-21H,1,6-9,14,17-18H2,2-5H3/t20-,21-/m0/s1. The molecule has 10 heteroatoms. The zero-order valence-corrected chi connectivity index (χ0v) is 24.5. The molecule has 2 amide bonds. The minimum Gasteiger partial charge on any atom is -0.493 e. The molecule has 0 unspecified atom stereocenters. The maximum Gasteiger partial charge on any atom is 0.257 e. The Morgan fingerprint density at radius 3 is 1.95 bits per heavy atom. The summed E-state index contributed by atoms with van der Waals surface area (Å²) in [5.74, 6) is 1.84. The highest BCUT2D eigenvalue weighted by Gasteiger charge is 2.41. The van der Waals surface area contributed by atoms with E-state index in [1.165, 1.54) is 0 Å². The second kappa shape index (κ2) is 10.8. The van der Waals surface area contributed by atoms with Crippen LogP contribution in [0.1, 0.15) is 53.8 Å². The fourth-order valence-corrected chi connectivity index (χ4v) is 6.12. The average molecular weight is 573 g/mol. The van der Waals surface area contributed by atoms with Crippen molar-refractivity contribution >= 4 is 35.6 Å². The minimum absolute atomic E-state index is 0.0154. The van der Waals surface area contributed by atoms with Crippen molar-refractivity contribution in [3.05, 3.63) is 47.5 Å². The lowest BCUT2D eigenvalue weighted by molar-refractivity contribution is 0.0758. The third kappa shape index (κ3) is 5.10. The number of carbonyl (C=O) groups excluding carboxylic acids is 2. The summed E-state index contributed by atoms with van der Waals surface area (Å²) >= 11 is 0. The van der Waals surface area contributed by atoms with Crippen molar-refractivity contribution in [3.8, 4) is 23.0 Å². The van der Waals surface area contributed by atoms with Crippen molar-refractivity contribution in [1.82, 2.24) is 9.80 Å². The summed E-state index contributed by atoms with van der Waals surface area (Å²) in [6, 6.07) is 6.83. The van der Waals surface area contributed by atoms with Gasteiger partial charge >= 0.3 is 0 Å². The molecule has 4 aliphatic rings. The molecular weight excluding hydrogens is 536 g/mol. The van der Waals surface area contributed by atoms with Crippen LogP contribution in [0.3, 0.4) is 0 Å². The van der Waals surface area contributed by atoms with Gasteiger partial charge in [0.05, 0.1) is 62.0 Å². The fraction of sp³-hybridized carbons (Fsp3) is 0.438. The van der Waals surface area contributed by atoms with Crippen LogP contribution in [0, 0.1) is 5.41 Å². The summed E-state index contributed by atoms with van der Waals surface area (Å²) < 4.78 is 23.2. The number of hydrogen-bond donors (Lipinski definition) is 0. The van der Waals surface area contributed by atoms with E-state index in [0.29, 0.717) is 78.2 Å². The first-order valence-electron chi connectivity index (χ1n) is 14.2. The Kier molecular flexibility index (Phi) is 7.16. The monoisotopic (exact) mass is 572 g/mol. The summed E-state index contributed by atoms with van der Waals surface area (Å²) in [7, 11) is 3.10. The number of nitrogens with zero attached hydrogens (tertiary/aromatic N) is 4. The summed E-state index contributed by atoms with van der Waals surface area (Å²) in [6.07, 6.45) is 5.84. The molecule has 0 spiro atoms. The second-order valence-corrected chi connectivity index (χ2v) is 12.0. The van der Waals surface area contributed by atoms with Gasteiger partial charge in [0.2, 0.25) is 0 Å². The van der Waals surface area contributed by atoms with Gasteiger partial charge < -0.3 is 28.7 Å². The zero-order valence-electron chi connectivity index (χ0n) is 24.5. The average Bonchev–Trinajstić information content (AvgIpc) is 3.43. The Labute approximate surface area is 245 Å². The van der Waals surface area contributed by atoms with Gasteiger partial charge in [-0.15, -0.1) is 0 Å². The first-order valence-corrected chi connectivity index (χ1v) is 14.2. The molecule has 2 aromatic rings. The molecule has 2 atom stereocenters. The van der Waals surface area contributed by atoms with Crippen LogP contribution in [-0.4, -0.2) is 86.6 Å². The van der Waals surface area contributed by atoms with Gasteiger partial charge in [-0.2, -0.15) is 0 Å². The third-order valence-electron chi connectivity index (χ3n) is 8.17. The van der Waals surface area contributed by atoms with Gasteiger partial charge in [-0.1, -0.05) is 26.0 Å². The quantitative estimate of drug-likeness (QED) is 0.326. The van der Waals surface area contributed by atoms with Gasteiger partial charge in [0.15, 0.2) is 23.0 Å². The molecule has 6 rings (SSSR count). The normalized spacial score (nSPS) is 21.8. The summed E-state index contributed by atoms with van der Waals surface area (Å²) in [5.41, 5.74) is 3.21. The molecule has 0 bridgehead atoms. The van der Waals surface area contributed by atoms with Crippen LogP contribution < -0.4 is 18.9 Å². The van der Waals surface area contributed by atoms with Crippen molar-refractivity contribution in [2.45, 2.75) is 45.2 Å². The first-order chi connectivity index (χ1) is 20.2. The molecule has 4 aliphatic heterocycles. The zero-order chi connectivity index (χ0) is 29.6. The van der Waals surface area contributed by atoms with Crippen molar-refractivity contribution in [2.75, 3.05) is 40.5 Å². The number of ether oxygens (including phenoxy) is 4. The van der Waals surface area contributed by atoms with E-state index in [1.807, 2.05) is 17.3 Å². The topological polar surface area (TPSA) is 102 Å². The van der Waals surface area contributed by atoms with E-state index >= 15 is 0 Å². The molecule has 0 saturated carbocycles. The Hall–Kier alpha value is -4.34. The number of carbonyl (C=O) groups is 2. The van der Waals surface area contributed by atoms with Gasteiger partial charge in [-0.25, -0.2) is 0 Å². The number of aliphatic imine (C=N–C) groups is 2. The molecule has 10 nitrogen and oxygen atoms in total. The lowest BCUT2D eigenvalue weighted by Crippen LogP contribution is -2.36. The van der Waals surface area contributed by atoms with Crippen LogP contribution in [0.25, 0.3) is 0 Å². The summed E-state index contributed by atoms with van der Waals surface area (Å²) in [5, 5.41) is 0. The highest BCUT2D eigenvalue weighted by Crippen LogP contribution is 2.42. The number of amides is 2. The number of hydrogen-bond acceptors (Lipinski definition) is 8. The van der Waals surface area contributed by atoms with Crippen LogP contribution in [0.4, 0.5) is 11.4 Å². The highest BCUT2D eigenvalue weighted by atomic mass is 16.5. The van der Waals surface area contributed by atoms with Crippen LogP contribution in [0.5, 0.6) is 23.0 Å². The molecule has 0 aromatic heterocycles. The van der Waals surface area contributed by atoms with E-state index in [0.717, 1.165) is 18.4 Å². The van der Waals surface area contributed by atoms with E-state index in [4.69, 9.17) is 18.9 Å². The molecule has 42 heavy (non-hydrogen) atoms. The Balaban J connectivity index is 1.11. The minimum atomic E-state index is -0.0885. The van der Waals surface area contributed by atoms with E-state index in [-0.39, 0.29) is 29.3 Å². The van der Waals surface area contributed by atoms with Crippen LogP contribution >= 0.6 is 0 Å². The van der Waals surface area contributed by atoms with Gasteiger partial charge in [-0.3, -0.25) is 19.6 Å². The summed E-state index contributed by atoms with van der Waals surface area (Å²) in [4.78, 5) is 39.5. The van der Waals surface area contributed by atoms with Crippen LogP contribution in [-0.2, 0) is 0 Å². The van der Waals surface area contributed by atoms with E-state index in [2.05, 4.69) is 30.4 Å². The smallest absolute Gasteiger partial charge is 0.257 e. The van der Waals surface area contributed by atoms with E-state index in [9.17, 15) is 9.59 Å². The molecular formula is C32H36N4O6. The lowest BCUT2D eigenvalue weighted by atomic mass is 9.91. The predicted octanol–water partition coefficient (Wildman–Crippen LogP) is 4.99. The third-order valence-corrected chi connectivity index (χ3v) is 8.17. The molecule has 2 saturated heterocycles. The lowest BCUT2D eigenvalue weighted by Gasteiger charge is -2.22. The largest absolute Gasteiger partial charge is 0.493 e. The van der Waals surface area contributed by atoms with Gasteiger partial charge in [0.25, 0.3) is 11.8 Å². The fourth-order valence-electron chi connectivity index (χ4n) is 6.12.